The van der Waals surface area contributed by atoms with Gasteiger partial charge >= 0.3 is 0 Å². The van der Waals surface area contributed by atoms with Crippen molar-refractivity contribution in [1.29, 1.82) is 0 Å². The third-order valence-corrected chi connectivity index (χ3v) is 8.16. The van der Waals surface area contributed by atoms with E-state index in [-0.39, 0.29) is 22.9 Å². The van der Waals surface area contributed by atoms with Gasteiger partial charge in [-0.2, -0.15) is 0 Å². The zero-order valence-corrected chi connectivity index (χ0v) is 19.7. The van der Waals surface area contributed by atoms with Crippen LogP contribution in [0.4, 0.5) is 0 Å². The predicted octanol–water partition coefficient (Wildman–Crippen LogP) is 1.80. The van der Waals surface area contributed by atoms with Crippen LogP contribution in [0.2, 0.25) is 0 Å². The Morgan fingerprint density at radius 2 is 1.40 bits per heavy atom. The van der Waals surface area contributed by atoms with Gasteiger partial charge in [-0.1, -0.05) is 67.1 Å². The maximum atomic E-state index is 13.1. The number of benzene rings is 2. The number of hydrogen-bond donors (Lipinski definition) is 1. The Morgan fingerprint density at radius 3 is 1.90 bits per heavy atom. The number of carbonyl (C=O) groups excluding carboxylic acids is 1. The molecule has 1 amide bonds. The average Bonchev–Trinajstić information content (AvgIpc) is 3.06. The predicted molar refractivity (Wildman–Crippen MR) is 118 cm³/mol. The first kappa shape index (κ1) is 23.0. The van der Waals surface area contributed by atoms with Crippen molar-refractivity contribution in [3.63, 3.8) is 0 Å². The van der Waals surface area contributed by atoms with Crippen molar-refractivity contribution >= 4 is 5.91 Å². The Labute approximate surface area is 192 Å². The number of nitrogens with two attached hydrogens (primary N) is 1. The van der Waals surface area contributed by atoms with Crippen molar-refractivity contribution in [3.05, 3.63) is 71.8 Å². The quantitative estimate of drug-likeness (QED) is 0.642. The second kappa shape index (κ2) is 9.23. The van der Waals surface area contributed by atoms with Crippen LogP contribution in [-0.2, 0) is 10.2 Å². The first-order valence-corrected chi connectivity index (χ1v) is 11.3. The van der Waals surface area contributed by atoms with Crippen LogP contribution in [-0.4, -0.2) is 36.1 Å². The number of nitrogens with zero attached hydrogens (tertiary/aromatic N) is 1. The topological polar surface area (TPSA) is 43.1 Å². The van der Waals surface area contributed by atoms with Crippen LogP contribution in [0.15, 0.2) is 60.7 Å². The fourth-order valence-electron chi connectivity index (χ4n) is 6.34. The van der Waals surface area contributed by atoms with Gasteiger partial charge in [0.2, 0.25) is 5.91 Å². The number of hydrogen-bond acceptors (Lipinski definition) is 1. The lowest BCUT2D eigenvalue weighted by atomic mass is 9.70. The van der Waals surface area contributed by atoms with Gasteiger partial charge < -0.3 is 27.2 Å². The molecule has 0 aromatic heterocycles. The van der Waals surface area contributed by atoms with E-state index < -0.39 is 5.41 Å². The summed E-state index contributed by atoms with van der Waals surface area (Å²) in [5, 5.41) is 0. The molecule has 1 aliphatic heterocycles. The summed E-state index contributed by atoms with van der Waals surface area (Å²) < 4.78 is 1.10. The van der Waals surface area contributed by atoms with E-state index in [1.54, 1.807) is 0 Å². The molecule has 1 saturated carbocycles. The maximum absolute atomic E-state index is 13.1. The summed E-state index contributed by atoms with van der Waals surface area (Å²) in [5.74, 6) is -0.238. The Hall–Kier alpha value is -1.65. The number of carbonyl (C=O) groups is 1. The van der Waals surface area contributed by atoms with E-state index in [0.29, 0.717) is 5.54 Å². The third kappa shape index (κ3) is 3.85. The molecule has 1 aliphatic carbocycles. The van der Waals surface area contributed by atoms with Gasteiger partial charge in [-0.15, -0.1) is 0 Å². The van der Waals surface area contributed by atoms with Gasteiger partial charge in [0.1, 0.15) is 5.41 Å². The van der Waals surface area contributed by atoms with Crippen molar-refractivity contribution in [1.82, 2.24) is 0 Å². The lowest BCUT2D eigenvalue weighted by Crippen LogP contribution is -3.00. The van der Waals surface area contributed by atoms with Gasteiger partial charge in [0, 0.05) is 32.1 Å². The third-order valence-electron chi connectivity index (χ3n) is 8.16. The van der Waals surface area contributed by atoms with E-state index in [4.69, 9.17) is 5.73 Å². The molecule has 0 radical (unpaired) electrons. The Kier molecular flexibility index (Phi) is 7.09. The van der Waals surface area contributed by atoms with Crippen LogP contribution in [0.1, 0.15) is 62.5 Å². The molecule has 1 atom stereocenters. The standard InChI is InChI=1S/C26H34N2O.BrH/c1-28(20-11-18-25(28)16-9-4-10-17-25)21-19-26(24(27)29,22-12-5-2-6-13-22)23-14-7-3-8-15-23;/h2-3,5-8,12-15H,4,9-11,16-21H2,1H3,(H-,27,29);1H. The smallest absolute Gasteiger partial charge is 0.232 e. The minimum absolute atomic E-state index is 0. The zero-order valence-electron chi connectivity index (χ0n) is 18.2. The summed E-state index contributed by atoms with van der Waals surface area (Å²) >= 11 is 0. The summed E-state index contributed by atoms with van der Waals surface area (Å²) in [7, 11) is 2.44. The Balaban J connectivity index is 0.00000256. The van der Waals surface area contributed by atoms with Crippen molar-refractivity contribution < 1.29 is 26.3 Å². The molecule has 2 aliphatic rings. The molecule has 0 bridgehead atoms. The lowest BCUT2D eigenvalue weighted by Gasteiger charge is -2.50. The summed E-state index contributed by atoms with van der Waals surface area (Å²) in [6, 6.07) is 20.4. The van der Waals surface area contributed by atoms with Crippen molar-refractivity contribution in [2.75, 3.05) is 20.1 Å². The maximum Gasteiger partial charge on any atom is 0.232 e. The molecule has 4 heteroatoms. The molecule has 1 heterocycles. The number of amides is 1. The number of likely N-dealkylation sites (tertiary alicyclic amines) is 1. The van der Waals surface area contributed by atoms with E-state index in [1.165, 1.54) is 51.5 Å². The molecule has 162 valence electrons. The normalized spacial score (nSPS) is 23.1. The van der Waals surface area contributed by atoms with Gasteiger partial charge in [-0.05, 0) is 24.0 Å². The summed E-state index contributed by atoms with van der Waals surface area (Å²) in [4.78, 5) is 13.1. The van der Waals surface area contributed by atoms with Gasteiger partial charge in [0.25, 0.3) is 0 Å². The van der Waals surface area contributed by atoms with Crippen LogP contribution in [0.5, 0.6) is 0 Å². The molecule has 3 nitrogen and oxygen atoms in total. The summed E-state index contributed by atoms with van der Waals surface area (Å²) in [6.45, 7) is 2.21. The minimum Gasteiger partial charge on any atom is -1.00 e. The minimum atomic E-state index is -0.776. The van der Waals surface area contributed by atoms with Gasteiger partial charge in [0.15, 0.2) is 0 Å². The highest BCUT2D eigenvalue weighted by Crippen LogP contribution is 2.47. The second-order valence-electron chi connectivity index (χ2n) is 9.48. The van der Waals surface area contributed by atoms with Crippen LogP contribution in [0, 0.1) is 0 Å². The summed E-state index contributed by atoms with van der Waals surface area (Å²) in [6.07, 6.45) is 10.2. The van der Waals surface area contributed by atoms with Crippen molar-refractivity contribution in [2.24, 2.45) is 5.73 Å². The van der Waals surface area contributed by atoms with E-state index in [0.717, 1.165) is 28.6 Å². The SMILES string of the molecule is C[N+]1(CCC(C(N)=O)(c2ccccc2)c2ccccc2)CCCC12CCCCC2.[Br-]. The van der Waals surface area contributed by atoms with Crippen LogP contribution in [0.3, 0.4) is 0 Å². The van der Waals surface area contributed by atoms with Gasteiger partial charge in [-0.3, -0.25) is 4.79 Å². The van der Waals surface area contributed by atoms with Gasteiger partial charge in [0.05, 0.1) is 25.7 Å². The van der Waals surface area contributed by atoms with Gasteiger partial charge in [-0.25, -0.2) is 0 Å². The van der Waals surface area contributed by atoms with E-state index in [9.17, 15) is 4.79 Å². The number of quaternary nitrogens is 1. The molecule has 2 fully saturated rings. The molecule has 1 saturated heterocycles. The highest BCUT2D eigenvalue weighted by molar-refractivity contribution is 5.90. The van der Waals surface area contributed by atoms with Crippen LogP contribution < -0.4 is 22.7 Å². The van der Waals surface area contributed by atoms with Crippen LogP contribution in [0.25, 0.3) is 0 Å². The number of rotatable bonds is 6. The van der Waals surface area contributed by atoms with Crippen LogP contribution >= 0.6 is 0 Å². The fourth-order valence-corrected chi connectivity index (χ4v) is 6.34. The second-order valence-corrected chi connectivity index (χ2v) is 9.48. The average molecular weight is 471 g/mol. The molecule has 1 unspecified atom stereocenters. The van der Waals surface area contributed by atoms with E-state index >= 15 is 0 Å². The van der Waals surface area contributed by atoms with Crippen molar-refractivity contribution in [3.8, 4) is 0 Å². The zero-order chi connectivity index (χ0) is 20.4. The fraction of sp³-hybridized carbons (Fsp3) is 0.500. The highest BCUT2D eigenvalue weighted by atomic mass is 79.9. The first-order chi connectivity index (χ1) is 14.0. The molecular weight excluding hydrogens is 436 g/mol. The summed E-state index contributed by atoms with van der Waals surface area (Å²) in [5.41, 5.74) is 7.86. The molecule has 2 aromatic rings. The number of primary amides is 1. The highest BCUT2D eigenvalue weighted by Gasteiger charge is 2.53. The molecule has 30 heavy (non-hydrogen) atoms. The first-order valence-electron chi connectivity index (χ1n) is 11.3. The van der Waals surface area contributed by atoms with E-state index in [2.05, 4.69) is 31.3 Å². The number of halogens is 1. The monoisotopic (exact) mass is 470 g/mol. The Bertz CT molecular complexity index is 793. The van der Waals surface area contributed by atoms with E-state index in [1.807, 2.05) is 36.4 Å². The van der Waals surface area contributed by atoms with Crippen molar-refractivity contribution in [2.45, 2.75) is 62.3 Å². The molecule has 2 aromatic carbocycles. The molecule has 4 rings (SSSR count). The largest absolute Gasteiger partial charge is 1.00 e. The lowest BCUT2D eigenvalue weighted by molar-refractivity contribution is -0.948. The molecule has 2 N–H and O–H groups in total. The molecule has 1 spiro atoms. The molecular formula is C26H35BrN2O. The Morgan fingerprint density at radius 1 is 0.900 bits per heavy atom.